The first-order chi connectivity index (χ1) is 11.9. The highest BCUT2D eigenvalue weighted by Gasteiger charge is 2.19. The lowest BCUT2D eigenvalue weighted by Gasteiger charge is -2.21. The standard InChI is InChI=1S/C19H24N2O3S/c1-16(18-11-7-4-8-12-18)20-19(22)13-14-21(25(2,23)24)15-17-9-5-3-6-10-17/h3-12,16H,13-15H2,1-2H3,(H,20,22). The van der Waals surface area contributed by atoms with Crippen molar-refractivity contribution in [2.75, 3.05) is 12.8 Å². The quantitative estimate of drug-likeness (QED) is 0.787. The lowest BCUT2D eigenvalue weighted by molar-refractivity contribution is -0.121. The van der Waals surface area contributed by atoms with Crippen LogP contribution in [-0.4, -0.2) is 31.4 Å². The summed E-state index contributed by atoms with van der Waals surface area (Å²) < 4.78 is 25.3. The lowest BCUT2D eigenvalue weighted by Crippen LogP contribution is -2.35. The van der Waals surface area contributed by atoms with Crippen molar-refractivity contribution in [1.29, 1.82) is 0 Å². The SMILES string of the molecule is CC(NC(=O)CCN(Cc1ccccc1)S(C)(=O)=O)c1ccccc1. The Bertz CT molecular complexity index is 777. The summed E-state index contributed by atoms with van der Waals surface area (Å²) in [6, 6.07) is 18.9. The van der Waals surface area contributed by atoms with E-state index in [1.54, 1.807) is 0 Å². The summed E-state index contributed by atoms with van der Waals surface area (Å²) >= 11 is 0. The van der Waals surface area contributed by atoms with E-state index in [2.05, 4.69) is 5.32 Å². The Morgan fingerprint density at radius 1 is 1.04 bits per heavy atom. The highest BCUT2D eigenvalue weighted by atomic mass is 32.2. The summed E-state index contributed by atoms with van der Waals surface area (Å²) in [6.07, 6.45) is 1.29. The van der Waals surface area contributed by atoms with Crippen LogP contribution in [0.4, 0.5) is 0 Å². The fraction of sp³-hybridized carbons (Fsp3) is 0.316. The molecule has 0 aromatic heterocycles. The molecule has 2 aromatic rings. The molecular weight excluding hydrogens is 336 g/mol. The van der Waals surface area contributed by atoms with Crippen LogP contribution in [-0.2, 0) is 21.4 Å². The van der Waals surface area contributed by atoms with Gasteiger partial charge < -0.3 is 5.32 Å². The fourth-order valence-corrected chi connectivity index (χ4v) is 3.32. The summed E-state index contributed by atoms with van der Waals surface area (Å²) in [5.74, 6) is -0.168. The molecule has 6 heteroatoms. The maximum absolute atomic E-state index is 12.2. The second-order valence-corrected chi connectivity index (χ2v) is 8.01. The Morgan fingerprint density at radius 3 is 2.16 bits per heavy atom. The molecule has 0 bridgehead atoms. The molecule has 1 amide bonds. The zero-order valence-electron chi connectivity index (χ0n) is 14.6. The minimum Gasteiger partial charge on any atom is -0.350 e. The van der Waals surface area contributed by atoms with Gasteiger partial charge in [-0.3, -0.25) is 4.79 Å². The molecule has 0 aliphatic carbocycles. The zero-order chi connectivity index (χ0) is 18.3. The molecule has 0 saturated carbocycles. The van der Waals surface area contributed by atoms with Gasteiger partial charge in [0, 0.05) is 19.5 Å². The third-order valence-electron chi connectivity index (χ3n) is 3.94. The number of hydrogen-bond acceptors (Lipinski definition) is 3. The van der Waals surface area contributed by atoms with Crippen molar-refractivity contribution >= 4 is 15.9 Å². The Morgan fingerprint density at radius 2 is 1.60 bits per heavy atom. The van der Waals surface area contributed by atoms with Gasteiger partial charge in [0.05, 0.1) is 12.3 Å². The number of hydrogen-bond donors (Lipinski definition) is 1. The van der Waals surface area contributed by atoms with Crippen molar-refractivity contribution in [3.05, 3.63) is 71.8 Å². The van der Waals surface area contributed by atoms with Gasteiger partial charge in [-0.05, 0) is 18.1 Å². The van der Waals surface area contributed by atoms with Gasteiger partial charge in [0.25, 0.3) is 0 Å². The van der Waals surface area contributed by atoms with E-state index in [-0.39, 0.29) is 31.5 Å². The van der Waals surface area contributed by atoms with Crippen molar-refractivity contribution in [3.8, 4) is 0 Å². The van der Waals surface area contributed by atoms with Crippen molar-refractivity contribution in [2.24, 2.45) is 0 Å². The van der Waals surface area contributed by atoms with Crippen LogP contribution in [0.15, 0.2) is 60.7 Å². The predicted molar refractivity (Wildman–Crippen MR) is 99.3 cm³/mol. The van der Waals surface area contributed by atoms with Crippen LogP contribution in [0, 0.1) is 0 Å². The van der Waals surface area contributed by atoms with E-state index in [1.165, 1.54) is 10.6 Å². The maximum Gasteiger partial charge on any atom is 0.221 e. The lowest BCUT2D eigenvalue weighted by atomic mass is 10.1. The van der Waals surface area contributed by atoms with Gasteiger partial charge in [-0.1, -0.05) is 60.7 Å². The van der Waals surface area contributed by atoms with Crippen molar-refractivity contribution in [1.82, 2.24) is 9.62 Å². The van der Waals surface area contributed by atoms with Gasteiger partial charge in [-0.25, -0.2) is 8.42 Å². The summed E-state index contributed by atoms with van der Waals surface area (Å²) in [5.41, 5.74) is 1.91. The van der Waals surface area contributed by atoms with Crippen LogP contribution in [0.5, 0.6) is 0 Å². The molecule has 0 aliphatic heterocycles. The molecule has 1 N–H and O–H groups in total. The van der Waals surface area contributed by atoms with Crippen LogP contribution in [0.25, 0.3) is 0 Å². The maximum atomic E-state index is 12.2. The smallest absolute Gasteiger partial charge is 0.221 e. The molecule has 0 fully saturated rings. The van der Waals surface area contributed by atoms with Gasteiger partial charge >= 0.3 is 0 Å². The molecule has 2 aromatic carbocycles. The number of nitrogens with zero attached hydrogens (tertiary/aromatic N) is 1. The molecule has 0 heterocycles. The van der Waals surface area contributed by atoms with Gasteiger partial charge in [-0.15, -0.1) is 0 Å². The first kappa shape index (κ1) is 19.1. The molecule has 2 rings (SSSR count). The number of carbonyl (C=O) groups excluding carboxylic acids is 1. The summed E-state index contributed by atoms with van der Waals surface area (Å²) in [5, 5.41) is 2.91. The fourth-order valence-electron chi connectivity index (χ4n) is 2.51. The molecular formula is C19H24N2O3S. The van der Waals surface area contributed by atoms with Crippen LogP contribution in [0.2, 0.25) is 0 Å². The first-order valence-electron chi connectivity index (χ1n) is 8.19. The van der Waals surface area contributed by atoms with E-state index in [4.69, 9.17) is 0 Å². The summed E-state index contributed by atoms with van der Waals surface area (Å²) in [6.45, 7) is 2.33. The van der Waals surface area contributed by atoms with E-state index in [9.17, 15) is 13.2 Å². The summed E-state index contributed by atoms with van der Waals surface area (Å²) in [4.78, 5) is 12.2. The van der Waals surface area contributed by atoms with Crippen LogP contribution in [0.1, 0.15) is 30.5 Å². The minimum absolute atomic E-state index is 0.116. The minimum atomic E-state index is -3.39. The first-order valence-corrected chi connectivity index (χ1v) is 10.0. The van der Waals surface area contributed by atoms with Crippen molar-refractivity contribution < 1.29 is 13.2 Å². The Hall–Kier alpha value is -2.18. The Labute approximate surface area is 149 Å². The van der Waals surface area contributed by atoms with Crippen LogP contribution >= 0.6 is 0 Å². The largest absolute Gasteiger partial charge is 0.350 e. The number of amides is 1. The second-order valence-electron chi connectivity index (χ2n) is 6.03. The van der Waals surface area contributed by atoms with Crippen LogP contribution in [0.3, 0.4) is 0 Å². The molecule has 0 saturated heterocycles. The number of sulfonamides is 1. The van der Waals surface area contributed by atoms with Gasteiger partial charge in [0.2, 0.25) is 15.9 Å². The third-order valence-corrected chi connectivity index (χ3v) is 5.19. The average Bonchev–Trinajstić information content (AvgIpc) is 2.59. The van der Waals surface area contributed by atoms with E-state index in [1.807, 2.05) is 67.6 Å². The Kier molecular flexibility index (Phi) is 6.73. The molecule has 0 aliphatic rings. The number of carbonyl (C=O) groups is 1. The monoisotopic (exact) mass is 360 g/mol. The highest BCUT2D eigenvalue weighted by Crippen LogP contribution is 2.12. The average molecular weight is 360 g/mol. The molecule has 0 spiro atoms. The highest BCUT2D eigenvalue weighted by molar-refractivity contribution is 7.88. The van der Waals surface area contributed by atoms with Gasteiger partial charge in [0.1, 0.15) is 0 Å². The molecule has 1 atom stereocenters. The number of nitrogens with one attached hydrogen (secondary N) is 1. The molecule has 0 radical (unpaired) electrons. The normalized spacial score (nSPS) is 12.8. The number of rotatable bonds is 8. The molecule has 25 heavy (non-hydrogen) atoms. The number of benzene rings is 2. The zero-order valence-corrected chi connectivity index (χ0v) is 15.4. The van der Waals surface area contributed by atoms with E-state index >= 15 is 0 Å². The molecule has 1 unspecified atom stereocenters. The Balaban J connectivity index is 1.92. The van der Waals surface area contributed by atoms with E-state index < -0.39 is 10.0 Å². The van der Waals surface area contributed by atoms with E-state index in [0.29, 0.717) is 0 Å². The molecule has 5 nitrogen and oxygen atoms in total. The second kappa shape index (κ2) is 8.78. The third kappa shape index (κ3) is 6.32. The van der Waals surface area contributed by atoms with Crippen molar-refractivity contribution in [2.45, 2.75) is 25.9 Å². The topological polar surface area (TPSA) is 66.5 Å². The predicted octanol–water partition coefficient (Wildman–Crippen LogP) is 2.72. The van der Waals surface area contributed by atoms with Gasteiger partial charge in [0.15, 0.2) is 0 Å². The summed E-state index contributed by atoms with van der Waals surface area (Å²) in [7, 11) is -3.39. The molecule has 134 valence electrons. The van der Waals surface area contributed by atoms with Crippen LogP contribution < -0.4 is 5.32 Å². The van der Waals surface area contributed by atoms with Gasteiger partial charge in [-0.2, -0.15) is 4.31 Å². The van der Waals surface area contributed by atoms with E-state index in [0.717, 1.165) is 11.1 Å². The van der Waals surface area contributed by atoms with Crippen molar-refractivity contribution in [3.63, 3.8) is 0 Å².